The first-order valence-electron chi connectivity index (χ1n) is 9.64. The van der Waals surface area contributed by atoms with Gasteiger partial charge in [0.25, 0.3) is 0 Å². The minimum atomic E-state index is -2.72. The summed E-state index contributed by atoms with van der Waals surface area (Å²) in [5.41, 5.74) is 0.988. The number of rotatable bonds is 5. The van der Waals surface area contributed by atoms with Gasteiger partial charge in [-0.15, -0.1) is 11.3 Å². The van der Waals surface area contributed by atoms with E-state index in [1.165, 1.54) is 11.3 Å². The third-order valence-electron chi connectivity index (χ3n) is 5.74. The van der Waals surface area contributed by atoms with E-state index < -0.39 is 30.3 Å². The van der Waals surface area contributed by atoms with E-state index in [2.05, 4.69) is 10.4 Å². The summed E-state index contributed by atoms with van der Waals surface area (Å²) in [4.78, 5) is 14.3. The predicted octanol–water partition coefficient (Wildman–Crippen LogP) is 4.63. The first-order chi connectivity index (χ1) is 13.0. The van der Waals surface area contributed by atoms with Crippen molar-refractivity contribution in [3.8, 4) is 10.6 Å². The summed E-state index contributed by atoms with van der Waals surface area (Å²) in [5.74, 6) is -2.97. The van der Waals surface area contributed by atoms with Gasteiger partial charge in [0.1, 0.15) is 0 Å². The third kappa shape index (κ3) is 3.48. The Balaban J connectivity index is 1.66. The number of amides is 1. The Kier molecular flexibility index (Phi) is 4.62. The van der Waals surface area contributed by atoms with E-state index >= 15 is 0 Å². The van der Waals surface area contributed by atoms with Crippen LogP contribution in [0, 0.1) is 5.92 Å². The molecule has 2 saturated carbocycles. The number of thiophene rings is 1. The van der Waals surface area contributed by atoms with Crippen LogP contribution >= 0.6 is 11.3 Å². The maximum Gasteiger partial charge on any atom is 0.249 e. The number of anilines is 1. The molecule has 1 amide bonds. The van der Waals surface area contributed by atoms with Crippen LogP contribution in [0.5, 0.6) is 0 Å². The van der Waals surface area contributed by atoms with E-state index in [9.17, 15) is 18.7 Å². The molecular formula is C20H25F2N3O2S. The zero-order chi connectivity index (χ0) is 20.3. The number of nitrogens with zero attached hydrogens (tertiary/aromatic N) is 2. The van der Waals surface area contributed by atoms with Gasteiger partial charge in [-0.1, -0.05) is 6.42 Å². The lowest BCUT2D eigenvalue weighted by atomic mass is 9.79. The lowest BCUT2D eigenvalue weighted by Crippen LogP contribution is -2.42. The summed E-state index contributed by atoms with van der Waals surface area (Å²) in [6.07, 6.45) is 2.38. The van der Waals surface area contributed by atoms with Crippen molar-refractivity contribution in [2.75, 3.05) is 5.32 Å². The maximum atomic E-state index is 13.1. The number of aliphatic hydroxyl groups is 1. The van der Waals surface area contributed by atoms with Crippen LogP contribution < -0.4 is 5.32 Å². The molecule has 5 nitrogen and oxygen atoms in total. The van der Waals surface area contributed by atoms with Gasteiger partial charge in [-0.25, -0.2) is 8.78 Å². The second kappa shape index (κ2) is 6.62. The lowest BCUT2D eigenvalue weighted by molar-refractivity contribution is -0.145. The first-order valence-corrected chi connectivity index (χ1v) is 10.5. The fraction of sp³-hybridized carbons (Fsp3) is 0.600. The molecule has 0 atom stereocenters. The number of halogens is 2. The predicted molar refractivity (Wildman–Crippen MR) is 105 cm³/mol. The van der Waals surface area contributed by atoms with Gasteiger partial charge >= 0.3 is 0 Å². The number of aryl methyl sites for hydroxylation is 1. The van der Waals surface area contributed by atoms with Gasteiger partial charge in [-0.2, -0.15) is 5.10 Å². The fourth-order valence-electron chi connectivity index (χ4n) is 3.87. The smallest absolute Gasteiger partial charge is 0.249 e. The standard InChI is InChI=1S/C20H25F2N3O2S/c1-19(2,27)14-8-7-13(28-14)16-15(11-5-4-6-11)17(24-25(16)3)23-18(26)12-9-20(21,22)10-12/h7-8,11-12,27H,4-6,9-10H2,1-3H3,(H,23,24,26). The normalized spacial score (nSPS) is 19.9. The van der Waals surface area contributed by atoms with Gasteiger partial charge in [0, 0.05) is 36.2 Å². The monoisotopic (exact) mass is 409 g/mol. The van der Waals surface area contributed by atoms with Crippen molar-refractivity contribution in [1.29, 1.82) is 0 Å². The molecule has 8 heteroatoms. The molecule has 4 rings (SSSR count). The quantitative estimate of drug-likeness (QED) is 0.757. The summed E-state index contributed by atoms with van der Waals surface area (Å²) in [5, 5.41) is 17.6. The van der Waals surface area contributed by atoms with Crippen LogP contribution in [0.15, 0.2) is 12.1 Å². The average molecular weight is 410 g/mol. The molecule has 0 unspecified atom stereocenters. The number of nitrogens with one attached hydrogen (secondary N) is 1. The third-order valence-corrected chi connectivity index (χ3v) is 7.15. The second-order valence-electron chi connectivity index (χ2n) is 8.54. The van der Waals surface area contributed by atoms with Crippen LogP contribution in [0.3, 0.4) is 0 Å². The first kappa shape index (κ1) is 19.5. The summed E-state index contributed by atoms with van der Waals surface area (Å²) >= 11 is 1.50. The van der Waals surface area contributed by atoms with Crippen molar-refractivity contribution in [1.82, 2.24) is 9.78 Å². The lowest BCUT2D eigenvalue weighted by Gasteiger charge is -2.33. The highest BCUT2D eigenvalue weighted by molar-refractivity contribution is 7.15. The Labute approximate surface area is 166 Å². The van der Waals surface area contributed by atoms with Gasteiger partial charge in [0.05, 0.1) is 16.2 Å². The van der Waals surface area contributed by atoms with Crippen molar-refractivity contribution >= 4 is 23.1 Å². The van der Waals surface area contributed by atoms with Crippen LogP contribution in [-0.4, -0.2) is 26.7 Å². The molecule has 0 bridgehead atoms. The molecule has 2 fully saturated rings. The van der Waals surface area contributed by atoms with E-state index in [1.807, 2.05) is 19.2 Å². The molecule has 2 N–H and O–H groups in total. The van der Waals surface area contributed by atoms with Gasteiger partial charge in [0.2, 0.25) is 11.8 Å². The Morgan fingerprint density at radius 1 is 1.36 bits per heavy atom. The SMILES string of the molecule is Cn1nc(NC(=O)C2CC(F)(F)C2)c(C2CCC2)c1-c1ccc(C(C)(C)O)s1. The number of alkyl halides is 2. The highest BCUT2D eigenvalue weighted by Gasteiger charge is 2.49. The van der Waals surface area contributed by atoms with Gasteiger partial charge < -0.3 is 10.4 Å². The van der Waals surface area contributed by atoms with Crippen molar-refractivity contribution in [3.63, 3.8) is 0 Å². The van der Waals surface area contributed by atoms with Crippen molar-refractivity contribution in [2.45, 2.75) is 63.4 Å². The van der Waals surface area contributed by atoms with Gasteiger partial charge in [0.15, 0.2) is 5.82 Å². The van der Waals surface area contributed by atoms with E-state index in [4.69, 9.17) is 0 Å². The van der Waals surface area contributed by atoms with Crippen LogP contribution in [0.4, 0.5) is 14.6 Å². The largest absolute Gasteiger partial charge is 0.385 e. The Morgan fingerprint density at radius 3 is 2.54 bits per heavy atom. The van der Waals surface area contributed by atoms with Crippen molar-refractivity contribution < 1.29 is 18.7 Å². The molecule has 0 spiro atoms. The number of hydrogen-bond donors (Lipinski definition) is 2. The molecule has 152 valence electrons. The number of carbonyl (C=O) groups excluding carboxylic acids is 1. The van der Waals surface area contributed by atoms with Crippen LogP contribution in [0.1, 0.15) is 62.3 Å². The average Bonchev–Trinajstić information content (AvgIpc) is 3.08. The highest BCUT2D eigenvalue weighted by atomic mass is 32.1. The summed E-state index contributed by atoms with van der Waals surface area (Å²) < 4.78 is 28.0. The van der Waals surface area contributed by atoms with E-state index in [1.54, 1.807) is 18.5 Å². The molecule has 2 heterocycles. The van der Waals surface area contributed by atoms with E-state index in [0.29, 0.717) is 11.7 Å². The van der Waals surface area contributed by atoms with E-state index in [-0.39, 0.29) is 5.91 Å². The van der Waals surface area contributed by atoms with Crippen LogP contribution in [0.25, 0.3) is 10.6 Å². The topological polar surface area (TPSA) is 67.2 Å². The number of carbonyl (C=O) groups is 1. The zero-order valence-corrected chi connectivity index (χ0v) is 17.1. The maximum absolute atomic E-state index is 13.1. The molecule has 2 aliphatic carbocycles. The second-order valence-corrected chi connectivity index (χ2v) is 9.62. The summed E-state index contributed by atoms with van der Waals surface area (Å²) in [7, 11) is 1.83. The van der Waals surface area contributed by atoms with Crippen molar-refractivity contribution in [3.05, 3.63) is 22.6 Å². The number of aromatic nitrogens is 2. The molecule has 0 radical (unpaired) electrons. The molecule has 0 aliphatic heterocycles. The molecule has 2 aromatic heterocycles. The van der Waals surface area contributed by atoms with Gasteiger partial charge in [-0.3, -0.25) is 9.48 Å². The van der Waals surface area contributed by atoms with Gasteiger partial charge in [-0.05, 0) is 44.7 Å². The Bertz CT molecular complexity index is 901. The summed E-state index contributed by atoms with van der Waals surface area (Å²) in [6, 6.07) is 3.88. The minimum absolute atomic E-state index is 0.300. The fourth-order valence-corrected chi connectivity index (χ4v) is 4.97. The number of hydrogen-bond acceptors (Lipinski definition) is 4. The molecule has 2 aliphatic rings. The van der Waals surface area contributed by atoms with Crippen LogP contribution in [-0.2, 0) is 17.4 Å². The van der Waals surface area contributed by atoms with Crippen molar-refractivity contribution in [2.24, 2.45) is 13.0 Å². The highest BCUT2D eigenvalue weighted by Crippen LogP contribution is 2.47. The molecule has 0 aromatic carbocycles. The molecule has 0 saturated heterocycles. The molecular weight excluding hydrogens is 384 g/mol. The Morgan fingerprint density at radius 2 is 2.04 bits per heavy atom. The zero-order valence-electron chi connectivity index (χ0n) is 16.3. The van der Waals surface area contributed by atoms with E-state index in [0.717, 1.165) is 40.3 Å². The molecule has 2 aromatic rings. The Hall–Kier alpha value is -1.80. The molecule has 28 heavy (non-hydrogen) atoms. The van der Waals surface area contributed by atoms with Crippen LogP contribution in [0.2, 0.25) is 0 Å². The summed E-state index contributed by atoms with van der Waals surface area (Å²) in [6.45, 7) is 3.50. The minimum Gasteiger partial charge on any atom is -0.385 e.